The van der Waals surface area contributed by atoms with Gasteiger partial charge in [-0.2, -0.15) is 10.4 Å². The molecular weight excluding hydrogens is 202 g/mol. The van der Waals surface area contributed by atoms with E-state index in [9.17, 15) is 5.26 Å². The molecule has 2 aromatic heterocycles. The van der Waals surface area contributed by atoms with Crippen LogP contribution in [0.15, 0.2) is 12.1 Å². The molecule has 1 aliphatic heterocycles. The Morgan fingerprint density at radius 3 is 2.81 bits per heavy atom. The van der Waals surface area contributed by atoms with Crippen molar-refractivity contribution < 1.29 is 0 Å². The molecule has 3 rings (SSSR count). The maximum Gasteiger partial charge on any atom is 0.167 e. The van der Waals surface area contributed by atoms with E-state index in [1.807, 2.05) is 19.1 Å². The van der Waals surface area contributed by atoms with Crippen molar-refractivity contribution in [1.29, 1.82) is 5.26 Å². The van der Waals surface area contributed by atoms with Crippen molar-refractivity contribution in [2.24, 2.45) is 0 Å². The highest BCUT2D eigenvalue weighted by Crippen LogP contribution is 2.25. The standard InChI is InChI=1S/C11H11N5/c1-8-13-11-4-3-9(15-5-2-6-15)10(7-12)16(11)14-8/h3-4H,2,5-6H2,1H3. The second kappa shape index (κ2) is 3.20. The third kappa shape index (κ3) is 1.16. The van der Waals surface area contributed by atoms with Crippen LogP contribution in [0.2, 0.25) is 0 Å². The van der Waals surface area contributed by atoms with Gasteiger partial charge < -0.3 is 4.90 Å². The zero-order chi connectivity index (χ0) is 11.1. The minimum absolute atomic E-state index is 0.581. The van der Waals surface area contributed by atoms with Crippen molar-refractivity contribution in [2.45, 2.75) is 13.3 Å². The first-order valence-corrected chi connectivity index (χ1v) is 5.31. The van der Waals surface area contributed by atoms with Crippen molar-refractivity contribution in [2.75, 3.05) is 18.0 Å². The molecule has 1 fully saturated rings. The number of rotatable bonds is 1. The minimum atomic E-state index is 0.581. The normalized spacial score (nSPS) is 14.9. The van der Waals surface area contributed by atoms with Crippen LogP contribution < -0.4 is 4.90 Å². The topological polar surface area (TPSA) is 57.2 Å². The van der Waals surface area contributed by atoms with Crippen LogP contribution >= 0.6 is 0 Å². The Balaban J connectivity index is 2.25. The molecule has 0 aromatic carbocycles. The van der Waals surface area contributed by atoms with Gasteiger partial charge in [-0.05, 0) is 25.5 Å². The molecule has 0 N–H and O–H groups in total. The van der Waals surface area contributed by atoms with Gasteiger partial charge in [-0.1, -0.05) is 0 Å². The van der Waals surface area contributed by atoms with Crippen LogP contribution in [0.25, 0.3) is 5.65 Å². The number of aryl methyl sites for hydroxylation is 1. The Labute approximate surface area is 92.9 Å². The van der Waals surface area contributed by atoms with Crippen molar-refractivity contribution in [1.82, 2.24) is 14.6 Å². The molecule has 2 aromatic rings. The van der Waals surface area contributed by atoms with Crippen LogP contribution in [0.5, 0.6) is 0 Å². The van der Waals surface area contributed by atoms with E-state index >= 15 is 0 Å². The number of aromatic nitrogens is 3. The predicted octanol–water partition coefficient (Wildman–Crippen LogP) is 1.12. The van der Waals surface area contributed by atoms with E-state index in [0.717, 1.165) is 24.4 Å². The lowest BCUT2D eigenvalue weighted by atomic mass is 10.1. The lowest BCUT2D eigenvalue weighted by Gasteiger charge is -2.33. The first-order chi connectivity index (χ1) is 7.79. The predicted molar refractivity (Wildman–Crippen MR) is 59.3 cm³/mol. The Hall–Kier alpha value is -2.09. The number of pyridine rings is 1. The molecule has 0 atom stereocenters. The lowest BCUT2D eigenvalue weighted by Crippen LogP contribution is -2.37. The summed E-state index contributed by atoms with van der Waals surface area (Å²) in [6.07, 6.45) is 1.19. The fourth-order valence-electron chi connectivity index (χ4n) is 1.96. The van der Waals surface area contributed by atoms with Crippen LogP contribution in [0.1, 0.15) is 17.9 Å². The second-order valence-corrected chi connectivity index (χ2v) is 3.95. The summed E-state index contributed by atoms with van der Waals surface area (Å²) in [4.78, 5) is 6.44. The quantitative estimate of drug-likeness (QED) is 0.712. The molecule has 16 heavy (non-hydrogen) atoms. The van der Waals surface area contributed by atoms with E-state index < -0.39 is 0 Å². The molecule has 0 radical (unpaired) electrons. The smallest absolute Gasteiger partial charge is 0.167 e. The van der Waals surface area contributed by atoms with Crippen LogP contribution in [-0.2, 0) is 0 Å². The Bertz CT molecular complexity index is 588. The summed E-state index contributed by atoms with van der Waals surface area (Å²) in [5.41, 5.74) is 2.28. The SMILES string of the molecule is Cc1nc2ccc(N3CCC3)c(C#N)n2n1. The summed E-state index contributed by atoms with van der Waals surface area (Å²) in [5.74, 6) is 0.692. The van der Waals surface area contributed by atoms with Gasteiger partial charge in [0.1, 0.15) is 11.9 Å². The van der Waals surface area contributed by atoms with E-state index in [1.54, 1.807) is 4.52 Å². The first kappa shape index (κ1) is 9.16. The van der Waals surface area contributed by atoms with Crippen LogP contribution in [0.3, 0.4) is 0 Å². The highest BCUT2D eigenvalue weighted by Gasteiger charge is 2.20. The summed E-state index contributed by atoms with van der Waals surface area (Å²) < 4.78 is 1.63. The van der Waals surface area contributed by atoms with Crippen LogP contribution in [0.4, 0.5) is 5.69 Å². The van der Waals surface area contributed by atoms with E-state index in [-0.39, 0.29) is 0 Å². The highest BCUT2D eigenvalue weighted by molar-refractivity contribution is 5.62. The van der Waals surface area contributed by atoms with Gasteiger partial charge in [0.2, 0.25) is 0 Å². The zero-order valence-electron chi connectivity index (χ0n) is 9.01. The summed E-state index contributed by atoms with van der Waals surface area (Å²) >= 11 is 0. The van der Waals surface area contributed by atoms with Crippen LogP contribution in [-0.4, -0.2) is 27.7 Å². The second-order valence-electron chi connectivity index (χ2n) is 3.95. The monoisotopic (exact) mass is 213 g/mol. The molecule has 1 saturated heterocycles. The van der Waals surface area contributed by atoms with Gasteiger partial charge in [0.25, 0.3) is 0 Å². The van der Waals surface area contributed by atoms with Gasteiger partial charge in [0.05, 0.1) is 5.69 Å². The van der Waals surface area contributed by atoms with Crippen molar-refractivity contribution in [3.05, 3.63) is 23.7 Å². The fourth-order valence-corrected chi connectivity index (χ4v) is 1.96. The molecule has 0 amide bonds. The first-order valence-electron chi connectivity index (χ1n) is 5.31. The fraction of sp³-hybridized carbons (Fsp3) is 0.364. The third-order valence-corrected chi connectivity index (χ3v) is 2.89. The molecule has 5 nitrogen and oxygen atoms in total. The van der Waals surface area contributed by atoms with Crippen molar-refractivity contribution >= 4 is 11.3 Å². The molecule has 1 aliphatic rings. The van der Waals surface area contributed by atoms with Crippen molar-refractivity contribution in [3.63, 3.8) is 0 Å². The van der Waals surface area contributed by atoms with E-state index in [1.165, 1.54) is 6.42 Å². The van der Waals surface area contributed by atoms with Gasteiger partial charge in [0.15, 0.2) is 11.3 Å². The maximum atomic E-state index is 9.23. The van der Waals surface area contributed by atoms with E-state index in [2.05, 4.69) is 21.1 Å². The molecule has 0 saturated carbocycles. The number of nitriles is 1. The summed E-state index contributed by atoms with van der Waals surface area (Å²) in [6, 6.07) is 6.09. The number of hydrogen-bond acceptors (Lipinski definition) is 4. The van der Waals surface area contributed by atoms with E-state index in [4.69, 9.17) is 0 Å². The summed E-state index contributed by atoms with van der Waals surface area (Å²) in [5, 5.41) is 13.5. The summed E-state index contributed by atoms with van der Waals surface area (Å²) in [6.45, 7) is 3.87. The molecule has 0 bridgehead atoms. The molecule has 5 heteroatoms. The molecule has 3 heterocycles. The largest absolute Gasteiger partial charge is 0.369 e. The van der Waals surface area contributed by atoms with E-state index in [0.29, 0.717) is 11.5 Å². The van der Waals surface area contributed by atoms with Crippen LogP contribution in [0, 0.1) is 18.3 Å². The molecule has 0 aliphatic carbocycles. The van der Waals surface area contributed by atoms with Gasteiger partial charge in [0, 0.05) is 13.1 Å². The van der Waals surface area contributed by atoms with Gasteiger partial charge in [-0.25, -0.2) is 9.50 Å². The summed E-state index contributed by atoms with van der Waals surface area (Å²) in [7, 11) is 0. The number of fused-ring (bicyclic) bond motifs is 1. The average Bonchev–Trinajstić information content (AvgIpc) is 2.55. The number of hydrogen-bond donors (Lipinski definition) is 0. The zero-order valence-corrected chi connectivity index (χ0v) is 9.01. The van der Waals surface area contributed by atoms with Gasteiger partial charge >= 0.3 is 0 Å². The highest BCUT2D eigenvalue weighted by atomic mass is 15.3. The van der Waals surface area contributed by atoms with Crippen molar-refractivity contribution in [3.8, 4) is 6.07 Å². The Morgan fingerprint density at radius 1 is 1.38 bits per heavy atom. The molecule has 0 unspecified atom stereocenters. The lowest BCUT2D eigenvalue weighted by molar-refractivity contribution is 0.614. The molecular formula is C11H11N5. The Morgan fingerprint density at radius 2 is 2.19 bits per heavy atom. The Kier molecular flexibility index (Phi) is 1.83. The maximum absolute atomic E-state index is 9.23. The molecule has 80 valence electrons. The van der Waals surface area contributed by atoms with Gasteiger partial charge in [-0.3, -0.25) is 0 Å². The number of nitrogens with zero attached hydrogens (tertiary/aromatic N) is 5. The van der Waals surface area contributed by atoms with Gasteiger partial charge in [-0.15, -0.1) is 0 Å². The third-order valence-electron chi connectivity index (χ3n) is 2.89. The molecule has 0 spiro atoms. The average molecular weight is 213 g/mol. The number of anilines is 1. The minimum Gasteiger partial charge on any atom is -0.369 e.